The Morgan fingerprint density at radius 1 is 0.634 bits per heavy atom. The summed E-state index contributed by atoms with van der Waals surface area (Å²) in [6, 6.07) is 7.68. The minimum Gasteiger partial charge on any atom is -0.494 e. The maximum absolute atomic E-state index is 9.09. The second-order valence-corrected chi connectivity index (χ2v) is 12.7. The summed E-state index contributed by atoms with van der Waals surface area (Å²) < 4.78 is 11.6. The number of aromatic nitrogens is 2. The molecule has 1 N–H and O–H groups in total. The van der Waals surface area contributed by atoms with Gasteiger partial charge in [-0.3, -0.25) is 0 Å². The summed E-state index contributed by atoms with van der Waals surface area (Å²) in [5, 5.41) is 18.3. The van der Waals surface area contributed by atoms with Crippen molar-refractivity contribution in [2.75, 3.05) is 12.4 Å². The Hall–Kier alpha value is -1.53. The third kappa shape index (κ3) is 20.1. The predicted molar refractivity (Wildman–Crippen MR) is 174 cm³/mol. The summed E-state index contributed by atoms with van der Waals surface area (Å²) in [5.41, 5.74) is 0.920. The number of aliphatic hydroxyl groups is 1. The highest BCUT2D eigenvalue weighted by Gasteiger charge is 2.06. The van der Waals surface area contributed by atoms with Crippen LogP contribution in [0.3, 0.4) is 0 Å². The summed E-state index contributed by atoms with van der Waals surface area (Å²) >= 11 is 1.73. The molecule has 0 amide bonds. The van der Waals surface area contributed by atoms with Gasteiger partial charge in [0.15, 0.2) is 0 Å². The van der Waals surface area contributed by atoms with E-state index in [1.54, 1.807) is 11.8 Å². The number of ether oxygens (including phenoxy) is 1. The summed E-state index contributed by atoms with van der Waals surface area (Å²) in [6.45, 7) is 3.14. The minimum absolute atomic E-state index is 0.0803. The molecule has 1 aromatic heterocycles. The molecule has 0 aliphatic rings. The minimum atomic E-state index is 0.0803. The van der Waals surface area contributed by atoms with Crippen LogP contribution in [0.25, 0.3) is 0 Å². The maximum atomic E-state index is 9.09. The second kappa shape index (κ2) is 26.1. The van der Waals surface area contributed by atoms with Gasteiger partial charge in [-0.05, 0) is 37.0 Å². The van der Waals surface area contributed by atoms with Crippen LogP contribution in [0.5, 0.6) is 5.75 Å². The highest BCUT2D eigenvalue weighted by molar-refractivity contribution is 7.99. The van der Waals surface area contributed by atoms with E-state index in [2.05, 4.69) is 17.1 Å². The van der Waals surface area contributed by atoms with Gasteiger partial charge in [-0.15, -0.1) is 10.2 Å². The van der Waals surface area contributed by atoms with Crippen LogP contribution in [-0.2, 0) is 13.0 Å². The van der Waals surface area contributed by atoms with Crippen LogP contribution in [0.15, 0.2) is 33.9 Å². The summed E-state index contributed by atoms with van der Waals surface area (Å²) in [7, 11) is 0. The number of unbranched alkanes of at least 4 members (excludes halogenated alkanes) is 20. The van der Waals surface area contributed by atoms with Crippen molar-refractivity contribution in [2.45, 2.75) is 166 Å². The van der Waals surface area contributed by atoms with Crippen molar-refractivity contribution in [1.29, 1.82) is 0 Å². The van der Waals surface area contributed by atoms with Gasteiger partial charge in [0, 0.05) is 12.2 Å². The molecule has 6 heteroatoms. The van der Waals surface area contributed by atoms with E-state index >= 15 is 0 Å². The first kappa shape index (κ1) is 35.7. The molecule has 2 rings (SSSR count). The molecule has 0 unspecified atom stereocenters. The highest BCUT2D eigenvalue weighted by Crippen LogP contribution is 2.20. The fraction of sp³-hybridized carbons (Fsp3) is 0.771. The molecule has 5 nitrogen and oxygen atoms in total. The lowest BCUT2D eigenvalue weighted by atomic mass is 10.0. The van der Waals surface area contributed by atoms with Crippen molar-refractivity contribution < 1.29 is 14.3 Å². The van der Waals surface area contributed by atoms with Gasteiger partial charge in [-0.2, -0.15) is 0 Å². The lowest BCUT2D eigenvalue weighted by Gasteiger charge is -2.06. The Labute approximate surface area is 256 Å². The van der Waals surface area contributed by atoms with Crippen molar-refractivity contribution in [2.24, 2.45) is 0 Å². The van der Waals surface area contributed by atoms with E-state index in [4.69, 9.17) is 14.3 Å². The molecule has 0 aliphatic carbocycles. The number of benzene rings is 1. The maximum Gasteiger partial charge on any atom is 0.276 e. The first-order chi connectivity index (χ1) is 20.3. The zero-order chi connectivity index (χ0) is 29.1. The van der Waals surface area contributed by atoms with E-state index in [9.17, 15) is 0 Å². The topological polar surface area (TPSA) is 68.4 Å². The summed E-state index contributed by atoms with van der Waals surface area (Å²) in [5.74, 6) is 2.78. The Morgan fingerprint density at radius 2 is 1.15 bits per heavy atom. The third-order valence-corrected chi connectivity index (χ3v) is 8.74. The molecule has 2 aromatic rings. The Bertz CT molecular complexity index is 827. The van der Waals surface area contributed by atoms with Crippen LogP contribution >= 0.6 is 11.8 Å². The van der Waals surface area contributed by atoms with E-state index in [-0.39, 0.29) is 6.61 Å². The largest absolute Gasteiger partial charge is 0.494 e. The number of hydrogen-bond acceptors (Lipinski definition) is 6. The predicted octanol–water partition coefficient (Wildman–Crippen LogP) is 10.9. The lowest BCUT2D eigenvalue weighted by molar-refractivity contribution is 0.281. The van der Waals surface area contributed by atoms with E-state index in [1.807, 2.05) is 24.3 Å². The zero-order valence-corrected chi connectivity index (χ0v) is 27.1. The Kier molecular flexibility index (Phi) is 22.7. The molecule has 0 saturated heterocycles. The average Bonchev–Trinajstić information content (AvgIpc) is 3.45. The first-order valence-electron chi connectivity index (χ1n) is 17.1. The van der Waals surface area contributed by atoms with E-state index in [0.29, 0.717) is 0 Å². The number of nitrogens with zero attached hydrogens (tertiary/aromatic N) is 2. The number of thioether (sulfide) groups is 1. The molecule has 0 atom stereocenters. The van der Waals surface area contributed by atoms with E-state index in [0.717, 1.165) is 54.0 Å². The summed E-state index contributed by atoms with van der Waals surface area (Å²) in [4.78, 5) is 0. The van der Waals surface area contributed by atoms with Crippen LogP contribution < -0.4 is 4.74 Å². The third-order valence-electron chi connectivity index (χ3n) is 7.83. The normalized spacial score (nSPS) is 11.4. The quantitative estimate of drug-likeness (QED) is 0.0753. The van der Waals surface area contributed by atoms with Gasteiger partial charge in [-0.1, -0.05) is 153 Å². The molecule has 0 saturated carbocycles. The zero-order valence-electron chi connectivity index (χ0n) is 26.3. The van der Waals surface area contributed by atoms with E-state index < -0.39 is 0 Å². The van der Waals surface area contributed by atoms with E-state index in [1.165, 1.54) is 128 Å². The Balaban J connectivity index is 1.30. The van der Waals surface area contributed by atoms with Crippen molar-refractivity contribution in [3.8, 4) is 5.75 Å². The van der Waals surface area contributed by atoms with Crippen molar-refractivity contribution in [3.63, 3.8) is 0 Å². The van der Waals surface area contributed by atoms with Gasteiger partial charge >= 0.3 is 0 Å². The first-order valence-corrected chi connectivity index (χ1v) is 18.1. The molecule has 0 bridgehead atoms. The number of aliphatic hydroxyl groups excluding tert-OH is 1. The molecule has 0 spiro atoms. The van der Waals surface area contributed by atoms with Crippen LogP contribution in [0, 0.1) is 0 Å². The highest BCUT2D eigenvalue weighted by atomic mass is 32.2. The van der Waals surface area contributed by atoms with Crippen molar-refractivity contribution >= 4 is 11.8 Å². The molecule has 0 radical (unpaired) electrons. The molecule has 0 fully saturated rings. The number of rotatable bonds is 29. The monoisotopic (exact) mass is 588 g/mol. The molecule has 1 aromatic carbocycles. The standard InChI is InChI=1S/C35H60N2O3S/c1-2-3-4-5-6-7-8-9-10-11-14-17-20-23-30-41-35-37-36-34(40-35)24-21-18-15-12-13-16-19-22-29-39-33-27-25-32(31-38)26-28-33/h25-28,38H,2-24,29-31H2,1H3. The van der Waals surface area contributed by atoms with Crippen molar-refractivity contribution in [3.05, 3.63) is 35.7 Å². The number of hydrogen-bond donors (Lipinski definition) is 1. The molecule has 1 heterocycles. The SMILES string of the molecule is CCCCCCCCCCCCCCCCSc1nnc(CCCCCCCCCCOc2ccc(CO)cc2)o1. The average molecular weight is 589 g/mol. The van der Waals surface area contributed by atoms with Gasteiger partial charge in [-0.25, -0.2) is 0 Å². The molecule has 41 heavy (non-hydrogen) atoms. The van der Waals surface area contributed by atoms with Gasteiger partial charge in [0.1, 0.15) is 5.75 Å². The van der Waals surface area contributed by atoms with Crippen LogP contribution in [-0.4, -0.2) is 27.7 Å². The molecular weight excluding hydrogens is 528 g/mol. The van der Waals surface area contributed by atoms with Crippen LogP contribution in [0.4, 0.5) is 0 Å². The second-order valence-electron chi connectivity index (χ2n) is 11.6. The van der Waals surface area contributed by atoms with Gasteiger partial charge in [0.05, 0.1) is 13.2 Å². The fourth-order valence-corrected chi connectivity index (χ4v) is 5.95. The van der Waals surface area contributed by atoms with Gasteiger partial charge < -0.3 is 14.3 Å². The molecule has 234 valence electrons. The smallest absolute Gasteiger partial charge is 0.276 e. The number of aryl methyl sites for hydroxylation is 1. The summed E-state index contributed by atoms with van der Waals surface area (Å²) in [6.07, 6.45) is 30.3. The molecular formula is C35H60N2O3S. The van der Waals surface area contributed by atoms with Gasteiger partial charge in [0.25, 0.3) is 5.22 Å². The molecule has 0 aliphatic heterocycles. The van der Waals surface area contributed by atoms with Gasteiger partial charge in [0.2, 0.25) is 5.89 Å². The lowest BCUT2D eigenvalue weighted by Crippen LogP contribution is -1.97. The van der Waals surface area contributed by atoms with Crippen molar-refractivity contribution in [1.82, 2.24) is 10.2 Å². The van der Waals surface area contributed by atoms with Crippen LogP contribution in [0.1, 0.15) is 160 Å². The fourth-order valence-electron chi connectivity index (χ4n) is 5.17. The Morgan fingerprint density at radius 3 is 1.71 bits per heavy atom. The van der Waals surface area contributed by atoms with Crippen LogP contribution in [0.2, 0.25) is 0 Å².